The lowest BCUT2D eigenvalue weighted by molar-refractivity contribution is -0.138. The van der Waals surface area contributed by atoms with Gasteiger partial charge in [0.25, 0.3) is 0 Å². The summed E-state index contributed by atoms with van der Waals surface area (Å²) >= 11 is 0. The van der Waals surface area contributed by atoms with Gasteiger partial charge in [0.1, 0.15) is 6.04 Å². The van der Waals surface area contributed by atoms with Crippen LogP contribution in [0.2, 0.25) is 0 Å². The van der Waals surface area contributed by atoms with E-state index in [1.54, 1.807) is 18.7 Å². The molecule has 1 fully saturated rings. The molecular formula is C17H22F3N3O3. The Kier molecular flexibility index (Phi) is 6.47. The van der Waals surface area contributed by atoms with Gasteiger partial charge < -0.3 is 20.3 Å². The van der Waals surface area contributed by atoms with Gasteiger partial charge in [-0.25, -0.2) is 4.79 Å². The number of para-hydroxylation sites is 1. The third kappa shape index (κ3) is 5.10. The zero-order valence-electron chi connectivity index (χ0n) is 14.6. The first-order valence-corrected chi connectivity index (χ1v) is 8.30. The van der Waals surface area contributed by atoms with Gasteiger partial charge in [-0.3, -0.25) is 4.79 Å². The van der Waals surface area contributed by atoms with Crippen LogP contribution in [0.25, 0.3) is 0 Å². The van der Waals surface area contributed by atoms with Crippen molar-refractivity contribution in [1.82, 2.24) is 10.2 Å². The number of nitrogens with one attached hydrogen (secondary N) is 2. The Labute approximate surface area is 149 Å². The summed E-state index contributed by atoms with van der Waals surface area (Å²) in [7, 11) is 0. The van der Waals surface area contributed by atoms with Crippen LogP contribution in [0.1, 0.15) is 19.4 Å². The molecule has 0 spiro atoms. The molecule has 0 aromatic heterocycles. The maximum absolute atomic E-state index is 13.0. The van der Waals surface area contributed by atoms with Gasteiger partial charge >= 0.3 is 12.2 Å². The molecule has 2 rings (SSSR count). The maximum Gasteiger partial charge on any atom is 0.418 e. The third-order valence-corrected chi connectivity index (χ3v) is 4.02. The van der Waals surface area contributed by atoms with Crippen molar-refractivity contribution in [2.75, 3.05) is 31.6 Å². The molecule has 0 aliphatic carbocycles. The van der Waals surface area contributed by atoms with Gasteiger partial charge in [0, 0.05) is 13.1 Å². The standard InChI is InChI=1S/C17H22F3N3O3/c1-11(2)14(15(24)23-7-9-26-10-8-23)22-16(25)21-13-6-4-3-5-12(13)17(18,19)20/h3-6,11,14H,7-10H2,1-2H3,(H2,21,22,25)/t14-/m1/s1. The van der Waals surface area contributed by atoms with E-state index < -0.39 is 23.8 Å². The summed E-state index contributed by atoms with van der Waals surface area (Å²) in [6, 6.07) is 2.98. The number of morpholine rings is 1. The maximum atomic E-state index is 13.0. The van der Waals surface area contributed by atoms with Gasteiger partial charge in [-0.1, -0.05) is 26.0 Å². The Bertz CT molecular complexity index is 644. The lowest BCUT2D eigenvalue weighted by Crippen LogP contribution is -2.54. The minimum Gasteiger partial charge on any atom is -0.378 e. The number of hydrogen-bond donors (Lipinski definition) is 2. The first-order valence-electron chi connectivity index (χ1n) is 8.30. The summed E-state index contributed by atoms with van der Waals surface area (Å²) in [5.41, 5.74) is -1.31. The van der Waals surface area contributed by atoms with Gasteiger partial charge in [0.05, 0.1) is 24.5 Å². The quantitative estimate of drug-likeness (QED) is 0.853. The smallest absolute Gasteiger partial charge is 0.378 e. The molecule has 3 amide bonds. The number of nitrogens with zero attached hydrogens (tertiary/aromatic N) is 1. The van der Waals surface area contributed by atoms with Crippen LogP contribution in [0.4, 0.5) is 23.7 Å². The molecule has 1 aromatic carbocycles. The van der Waals surface area contributed by atoms with Crippen LogP contribution in [0.3, 0.4) is 0 Å². The highest BCUT2D eigenvalue weighted by atomic mass is 19.4. The third-order valence-electron chi connectivity index (χ3n) is 4.02. The van der Waals surface area contributed by atoms with E-state index in [9.17, 15) is 22.8 Å². The summed E-state index contributed by atoms with van der Waals surface area (Å²) in [6.07, 6.45) is -4.59. The lowest BCUT2D eigenvalue weighted by Gasteiger charge is -2.32. The fraction of sp³-hybridized carbons (Fsp3) is 0.529. The molecule has 0 unspecified atom stereocenters. The molecule has 26 heavy (non-hydrogen) atoms. The highest BCUT2D eigenvalue weighted by Crippen LogP contribution is 2.34. The van der Waals surface area contributed by atoms with E-state index in [2.05, 4.69) is 10.6 Å². The Morgan fingerprint density at radius 3 is 2.35 bits per heavy atom. The van der Waals surface area contributed by atoms with Gasteiger partial charge in [0.15, 0.2) is 0 Å². The molecule has 1 aromatic rings. The van der Waals surface area contributed by atoms with E-state index in [1.807, 2.05) is 0 Å². The molecule has 1 atom stereocenters. The fourth-order valence-corrected chi connectivity index (χ4v) is 2.63. The van der Waals surface area contributed by atoms with Crippen molar-refractivity contribution in [3.05, 3.63) is 29.8 Å². The number of halogens is 3. The Morgan fingerprint density at radius 1 is 1.15 bits per heavy atom. The van der Waals surface area contributed by atoms with Gasteiger partial charge in [-0.15, -0.1) is 0 Å². The van der Waals surface area contributed by atoms with Crippen LogP contribution < -0.4 is 10.6 Å². The first kappa shape index (κ1) is 20.0. The van der Waals surface area contributed by atoms with E-state index in [4.69, 9.17) is 4.74 Å². The summed E-state index contributed by atoms with van der Waals surface area (Å²) < 4.78 is 44.2. The molecule has 1 saturated heterocycles. The first-order chi connectivity index (χ1) is 12.2. The van der Waals surface area contributed by atoms with E-state index in [0.717, 1.165) is 12.1 Å². The number of hydrogen-bond acceptors (Lipinski definition) is 3. The number of ether oxygens (including phenoxy) is 1. The second kappa shape index (κ2) is 8.39. The molecule has 0 radical (unpaired) electrons. The minimum absolute atomic E-state index is 0.228. The van der Waals surface area contributed by atoms with Crippen molar-refractivity contribution in [1.29, 1.82) is 0 Å². The summed E-state index contributed by atoms with van der Waals surface area (Å²) in [5, 5.41) is 4.69. The SMILES string of the molecule is CC(C)[C@@H](NC(=O)Nc1ccccc1C(F)(F)F)C(=O)N1CCOCC1. The zero-order chi connectivity index (χ0) is 19.3. The Balaban J connectivity index is 2.08. The summed E-state index contributed by atoms with van der Waals surface area (Å²) in [4.78, 5) is 26.4. The Hall–Kier alpha value is -2.29. The molecule has 1 aliphatic rings. The molecule has 9 heteroatoms. The van der Waals surface area contributed by atoms with Crippen molar-refractivity contribution in [2.45, 2.75) is 26.1 Å². The second-order valence-corrected chi connectivity index (χ2v) is 6.30. The molecule has 144 valence electrons. The number of rotatable bonds is 4. The van der Waals surface area contributed by atoms with Crippen LogP contribution >= 0.6 is 0 Å². The predicted octanol–water partition coefficient (Wildman–Crippen LogP) is 2.71. The Morgan fingerprint density at radius 2 is 1.77 bits per heavy atom. The highest BCUT2D eigenvalue weighted by molar-refractivity contribution is 5.94. The molecule has 6 nitrogen and oxygen atoms in total. The van der Waals surface area contributed by atoms with Crippen LogP contribution in [0.5, 0.6) is 0 Å². The average Bonchev–Trinajstić information content (AvgIpc) is 2.59. The summed E-state index contributed by atoms with van der Waals surface area (Å²) in [6.45, 7) is 5.19. The van der Waals surface area contributed by atoms with E-state index in [-0.39, 0.29) is 17.5 Å². The largest absolute Gasteiger partial charge is 0.418 e. The van der Waals surface area contributed by atoms with Crippen molar-refractivity contribution in [3.8, 4) is 0 Å². The molecule has 1 heterocycles. The van der Waals surface area contributed by atoms with Crippen LogP contribution in [0.15, 0.2) is 24.3 Å². The highest BCUT2D eigenvalue weighted by Gasteiger charge is 2.34. The van der Waals surface area contributed by atoms with Gasteiger partial charge in [0.2, 0.25) is 5.91 Å². The van der Waals surface area contributed by atoms with Crippen molar-refractivity contribution in [3.63, 3.8) is 0 Å². The lowest BCUT2D eigenvalue weighted by atomic mass is 10.0. The zero-order valence-corrected chi connectivity index (χ0v) is 14.6. The number of anilines is 1. The van der Waals surface area contributed by atoms with Crippen molar-refractivity contribution < 1.29 is 27.5 Å². The van der Waals surface area contributed by atoms with E-state index in [1.165, 1.54) is 12.1 Å². The summed E-state index contributed by atoms with van der Waals surface area (Å²) in [5.74, 6) is -0.503. The number of benzene rings is 1. The van der Waals surface area contributed by atoms with Crippen LogP contribution in [-0.4, -0.2) is 49.2 Å². The molecular weight excluding hydrogens is 351 g/mol. The number of amides is 3. The van der Waals surface area contributed by atoms with Crippen molar-refractivity contribution >= 4 is 17.6 Å². The van der Waals surface area contributed by atoms with Crippen molar-refractivity contribution in [2.24, 2.45) is 5.92 Å². The topological polar surface area (TPSA) is 70.7 Å². The minimum atomic E-state index is -4.59. The molecule has 2 N–H and O–H groups in total. The van der Waals surface area contributed by atoms with E-state index >= 15 is 0 Å². The fourth-order valence-electron chi connectivity index (χ4n) is 2.63. The van der Waals surface area contributed by atoms with Gasteiger partial charge in [-0.05, 0) is 18.1 Å². The molecule has 0 saturated carbocycles. The van der Waals surface area contributed by atoms with E-state index in [0.29, 0.717) is 26.3 Å². The normalized spacial score (nSPS) is 16.3. The average molecular weight is 373 g/mol. The molecule has 1 aliphatic heterocycles. The second-order valence-electron chi connectivity index (χ2n) is 6.30. The molecule has 0 bridgehead atoms. The number of carbonyl (C=O) groups is 2. The number of alkyl halides is 3. The number of urea groups is 1. The van der Waals surface area contributed by atoms with Crippen LogP contribution in [-0.2, 0) is 15.7 Å². The van der Waals surface area contributed by atoms with Gasteiger partial charge in [-0.2, -0.15) is 13.2 Å². The number of carbonyl (C=O) groups excluding carboxylic acids is 2. The van der Waals surface area contributed by atoms with Crippen LogP contribution in [0, 0.1) is 5.92 Å². The monoisotopic (exact) mass is 373 g/mol. The predicted molar refractivity (Wildman–Crippen MR) is 89.6 cm³/mol.